The van der Waals surface area contributed by atoms with Crippen LogP contribution in [0.25, 0.3) is 33.4 Å². The zero-order valence-electron chi connectivity index (χ0n) is 35.5. The first-order valence-corrected chi connectivity index (χ1v) is 22.4. The lowest BCUT2D eigenvalue weighted by atomic mass is 9.84. The van der Waals surface area contributed by atoms with Gasteiger partial charge in [-0.3, -0.25) is 24.4 Å². The molecule has 1 saturated carbocycles. The number of benzene rings is 1. The molecule has 7 atom stereocenters. The summed E-state index contributed by atoms with van der Waals surface area (Å²) in [4.78, 5) is 54.1. The quantitative estimate of drug-likeness (QED) is 0.228. The number of hydrogen-bond acceptors (Lipinski definition) is 12. The number of nitrogens with one attached hydrogen (secondary N) is 2. The van der Waals surface area contributed by atoms with Crippen LogP contribution >= 0.6 is 11.3 Å². The van der Waals surface area contributed by atoms with Gasteiger partial charge >= 0.3 is 5.97 Å². The van der Waals surface area contributed by atoms with Gasteiger partial charge in [0.05, 0.1) is 71.5 Å². The summed E-state index contributed by atoms with van der Waals surface area (Å²) in [5.74, 6) is -0.497. The average molecular weight is 840 g/mol. The number of fused-ring (bicyclic) bond motifs is 6. The molecule has 60 heavy (non-hydrogen) atoms. The number of amides is 2. The van der Waals surface area contributed by atoms with Crippen molar-refractivity contribution in [1.29, 1.82) is 0 Å². The number of aromatic nitrogens is 3. The monoisotopic (exact) mass is 839 g/mol. The van der Waals surface area contributed by atoms with Gasteiger partial charge in [0.15, 0.2) is 0 Å². The number of ether oxygens (including phenoxy) is 3. The van der Waals surface area contributed by atoms with Gasteiger partial charge in [0, 0.05) is 79.4 Å². The van der Waals surface area contributed by atoms with E-state index >= 15 is 0 Å². The van der Waals surface area contributed by atoms with Gasteiger partial charge in [-0.05, 0) is 67.3 Å². The number of esters is 1. The minimum Gasteiger partial charge on any atom is -0.464 e. The average Bonchev–Trinajstić information content (AvgIpc) is 3.50. The third kappa shape index (κ3) is 7.72. The number of pyridine rings is 1. The number of morpholine rings is 1. The third-order valence-electron chi connectivity index (χ3n) is 13.4. The lowest BCUT2D eigenvalue weighted by Crippen LogP contribution is -2.60. The molecule has 4 aromatic rings. The smallest absolute Gasteiger partial charge is 0.324 e. The Bertz CT molecular complexity index is 2310. The van der Waals surface area contributed by atoms with Crippen molar-refractivity contribution in [3.05, 3.63) is 51.6 Å². The second kappa shape index (κ2) is 16.1. The van der Waals surface area contributed by atoms with Crippen LogP contribution in [-0.2, 0) is 54.4 Å². The summed E-state index contributed by atoms with van der Waals surface area (Å²) in [7, 11) is 1.69. The number of thiazole rings is 1. The fourth-order valence-corrected chi connectivity index (χ4v) is 10.6. The molecule has 6 bridgehead atoms. The number of methoxy groups -OCH3 is 1. The van der Waals surface area contributed by atoms with Crippen LogP contribution in [0.1, 0.15) is 75.4 Å². The number of carbonyl (C=O) groups is 3. The Morgan fingerprint density at radius 1 is 1.12 bits per heavy atom. The minimum atomic E-state index is -0.871. The molecule has 3 N–H and O–H groups in total. The van der Waals surface area contributed by atoms with E-state index in [2.05, 4.69) is 66.1 Å². The molecule has 2 saturated heterocycles. The van der Waals surface area contributed by atoms with Crippen molar-refractivity contribution in [2.75, 3.05) is 51.5 Å². The van der Waals surface area contributed by atoms with E-state index in [4.69, 9.17) is 24.2 Å². The second-order valence-corrected chi connectivity index (χ2v) is 19.3. The summed E-state index contributed by atoms with van der Waals surface area (Å²) in [6.07, 6.45) is 3.33. The molecule has 0 spiro atoms. The van der Waals surface area contributed by atoms with E-state index in [1.54, 1.807) is 7.11 Å². The molecule has 3 fully saturated rings. The van der Waals surface area contributed by atoms with Crippen molar-refractivity contribution in [3.63, 3.8) is 0 Å². The van der Waals surface area contributed by atoms with Crippen molar-refractivity contribution < 1.29 is 33.7 Å². The summed E-state index contributed by atoms with van der Waals surface area (Å²) in [6, 6.07) is 4.97. The fourth-order valence-electron chi connectivity index (χ4n) is 9.75. The van der Waals surface area contributed by atoms with Gasteiger partial charge in [0.2, 0.25) is 5.91 Å². The molecular weight excluding hydrogens is 783 g/mol. The largest absolute Gasteiger partial charge is 0.464 e. The third-order valence-corrected chi connectivity index (χ3v) is 14.3. The van der Waals surface area contributed by atoms with Crippen LogP contribution in [0.5, 0.6) is 0 Å². The minimum absolute atomic E-state index is 0.132. The SMILES string of the molecule is CO[C@@H](C)c1ncc(N2CCOCC2)cc1-c1c2c3cc(cc4c3n1C[C@@H](O)C4)-c1csc(n1)C[C@H](NC(=O)C1[C@@H](C)[C@H]1C)C(=O)N1CCC[C@H](N1)C(=O)OCC(C)(C)C2. The number of aliphatic hydroxyl groups is 1. The summed E-state index contributed by atoms with van der Waals surface area (Å²) in [5, 5.41) is 19.9. The van der Waals surface area contributed by atoms with Gasteiger partial charge in [-0.15, -0.1) is 11.3 Å². The zero-order valence-corrected chi connectivity index (χ0v) is 36.3. The maximum absolute atomic E-state index is 14.3. The van der Waals surface area contributed by atoms with E-state index in [0.717, 1.165) is 69.0 Å². The Morgan fingerprint density at radius 3 is 2.65 bits per heavy atom. The summed E-state index contributed by atoms with van der Waals surface area (Å²) >= 11 is 1.46. The highest BCUT2D eigenvalue weighted by Gasteiger charge is 2.49. The van der Waals surface area contributed by atoms with Crippen LogP contribution < -0.4 is 15.6 Å². The van der Waals surface area contributed by atoms with E-state index in [1.165, 1.54) is 16.3 Å². The predicted molar refractivity (Wildman–Crippen MR) is 228 cm³/mol. The van der Waals surface area contributed by atoms with Gasteiger partial charge in [-0.1, -0.05) is 27.7 Å². The summed E-state index contributed by atoms with van der Waals surface area (Å²) in [6.45, 7) is 14.1. The van der Waals surface area contributed by atoms with Gasteiger partial charge in [-0.2, -0.15) is 0 Å². The number of aliphatic hydroxyl groups excluding tert-OH is 1. The Hall–Kier alpha value is -4.41. The molecule has 2 amide bonds. The number of carbonyl (C=O) groups excluding carboxylic acids is 3. The van der Waals surface area contributed by atoms with Crippen molar-refractivity contribution >= 4 is 45.7 Å². The van der Waals surface area contributed by atoms with Crippen LogP contribution in [0.2, 0.25) is 0 Å². The summed E-state index contributed by atoms with van der Waals surface area (Å²) < 4.78 is 20.0. The van der Waals surface area contributed by atoms with E-state index in [1.807, 2.05) is 18.5 Å². The van der Waals surface area contributed by atoms with Crippen LogP contribution in [0, 0.1) is 23.2 Å². The highest BCUT2D eigenvalue weighted by Crippen LogP contribution is 2.47. The first kappa shape index (κ1) is 41.0. The maximum atomic E-state index is 14.3. The van der Waals surface area contributed by atoms with Crippen molar-refractivity contribution in [1.82, 2.24) is 30.3 Å². The number of cyclic esters (lactones) is 1. The molecule has 1 unspecified atom stereocenters. The fraction of sp³-hybridized carbons (Fsp3) is 0.578. The Morgan fingerprint density at radius 2 is 1.90 bits per heavy atom. The molecule has 320 valence electrons. The number of hydrogen-bond donors (Lipinski definition) is 3. The second-order valence-electron chi connectivity index (χ2n) is 18.3. The molecule has 7 heterocycles. The molecule has 14 nitrogen and oxygen atoms in total. The van der Waals surface area contributed by atoms with Crippen molar-refractivity contribution in [2.24, 2.45) is 23.2 Å². The Balaban J connectivity index is 1.21. The number of hydrazine groups is 1. The van der Waals surface area contributed by atoms with Gasteiger partial charge in [0.1, 0.15) is 12.1 Å². The molecule has 1 aromatic carbocycles. The van der Waals surface area contributed by atoms with Crippen LogP contribution in [0.4, 0.5) is 5.69 Å². The number of nitrogens with zero attached hydrogens (tertiary/aromatic N) is 5. The molecule has 15 heteroatoms. The predicted octanol–water partition coefficient (Wildman–Crippen LogP) is 4.84. The topological polar surface area (TPSA) is 160 Å². The first-order valence-electron chi connectivity index (χ1n) is 21.5. The zero-order chi connectivity index (χ0) is 42.0. The van der Waals surface area contributed by atoms with Crippen LogP contribution in [-0.4, -0.2) is 107 Å². The van der Waals surface area contributed by atoms with Crippen LogP contribution in [0.3, 0.4) is 0 Å². The molecule has 5 aliphatic rings. The summed E-state index contributed by atoms with van der Waals surface area (Å²) in [5.41, 5.74) is 11.2. The van der Waals surface area contributed by atoms with Gasteiger partial charge < -0.3 is 34.1 Å². The van der Waals surface area contributed by atoms with E-state index in [9.17, 15) is 19.5 Å². The highest BCUT2D eigenvalue weighted by atomic mass is 32.1. The van der Waals surface area contributed by atoms with Crippen molar-refractivity contribution in [3.8, 4) is 22.5 Å². The normalized spacial score (nSPS) is 27.3. The molecular formula is C45H57N7O7S. The molecule has 3 aromatic heterocycles. The highest BCUT2D eigenvalue weighted by molar-refractivity contribution is 7.10. The maximum Gasteiger partial charge on any atom is 0.324 e. The number of anilines is 1. The first-order chi connectivity index (χ1) is 28.8. The van der Waals surface area contributed by atoms with Gasteiger partial charge in [0.25, 0.3) is 5.91 Å². The van der Waals surface area contributed by atoms with E-state index in [0.29, 0.717) is 57.0 Å². The van der Waals surface area contributed by atoms with E-state index in [-0.39, 0.29) is 48.7 Å². The van der Waals surface area contributed by atoms with Crippen molar-refractivity contribution in [2.45, 2.75) is 97.6 Å². The number of rotatable bonds is 6. The molecule has 0 radical (unpaired) electrons. The lowest BCUT2D eigenvalue weighted by molar-refractivity contribution is -0.155. The molecule has 4 aliphatic heterocycles. The van der Waals surface area contributed by atoms with E-state index < -0.39 is 29.6 Å². The molecule has 9 rings (SSSR count). The Labute approximate surface area is 354 Å². The standard InChI is InChI=1S/C45H57N7O7S/c1-24-25(2)38(24)42(54)48-35-18-37-47-36(22-60-37)27-14-28-15-30(53)21-51-40(28)31(16-27)33(19-45(4,5)23-59-44(56)34-8-7-9-52(49-34)43(35)55)41(51)32-17-29(50-10-12-58-13-11-50)20-46-39(32)26(3)57-6/h14,16-17,20,22,24-26,30,34-35,38,49,53H,7-13,15,18-19,21,23H2,1-6H3,(H,48,54)/t24-,25+,26-,30-,34-,35-,38?/m0/s1. The van der Waals surface area contributed by atoms with Crippen LogP contribution in [0.15, 0.2) is 29.8 Å². The molecule has 1 aliphatic carbocycles. The lowest BCUT2D eigenvalue weighted by Gasteiger charge is -2.35. The Kier molecular flexibility index (Phi) is 11.0. The van der Waals surface area contributed by atoms with Gasteiger partial charge in [-0.25, -0.2) is 10.4 Å².